The zero-order valence-corrected chi connectivity index (χ0v) is 12.0. The summed E-state index contributed by atoms with van der Waals surface area (Å²) in [6.07, 6.45) is 1.62. The third-order valence-electron chi connectivity index (χ3n) is 2.59. The van der Waals surface area contributed by atoms with Crippen molar-refractivity contribution in [3.63, 3.8) is 0 Å². The van der Waals surface area contributed by atoms with Crippen molar-refractivity contribution in [2.45, 2.75) is 13.8 Å². The largest absolute Gasteiger partial charge is 0.438 e. The minimum absolute atomic E-state index is 0.0345. The van der Waals surface area contributed by atoms with E-state index in [9.17, 15) is 10.1 Å². The van der Waals surface area contributed by atoms with Gasteiger partial charge in [-0.3, -0.25) is 10.1 Å². The minimum atomic E-state index is -0.427. The van der Waals surface area contributed by atoms with Crippen LogP contribution < -0.4 is 4.74 Å². The Morgan fingerprint density at radius 1 is 1.26 bits per heavy atom. The predicted molar refractivity (Wildman–Crippen MR) is 74.6 cm³/mol. The van der Waals surface area contributed by atoms with E-state index in [2.05, 4.69) is 20.9 Å². The number of rotatable bonds is 3. The van der Waals surface area contributed by atoms with E-state index < -0.39 is 4.92 Å². The molecule has 6 heteroatoms. The van der Waals surface area contributed by atoms with Crippen LogP contribution >= 0.6 is 15.9 Å². The quantitative estimate of drug-likeness (QED) is 0.628. The van der Waals surface area contributed by atoms with Crippen LogP contribution in [0, 0.1) is 24.0 Å². The molecular weight excluding hydrogens is 312 g/mol. The Hall–Kier alpha value is -1.95. The van der Waals surface area contributed by atoms with Crippen molar-refractivity contribution in [1.29, 1.82) is 0 Å². The molecule has 2 aromatic rings. The summed E-state index contributed by atoms with van der Waals surface area (Å²) >= 11 is 3.31. The summed E-state index contributed by atoms with van der Waals surface area (Å²) in [6.45, 7) is 3.54. The first-order valence-corrected chi connectivity index (χ1v) is 6.31. The van der Waals surface area contributed by atoms with Crippen LogP contribution in [0.4, 0.5) is 5.69 Å². The van der Waals surface area contributed by atoms with Crippen molar-refractivity contribution in [2.75, 3.05) is 0 Å². The average molecular weight is 323 g/mol. The van der Waals surface area contributed by atoms with Gasteiger partial charge in [-0.2, -0.15) is 0 Å². The van der Waals surface area contributed by atoms with Gasteiger partial charge in [-0.15, -0.1) is 0 Å². The Morgan fingerprint density at radius 3 is 2.63 bits per heavy atom. The Kier molecular flexibility index (Phi) is 3.80. The maximum atomic E-state index is 10.9. The average Bonchev–Trinajstić information content (AvgIpc) is 2.34. The number of nitro groups is 1. The van der Waals surface area contributed by atoms with Crippen molar-refractivity contribution in [1.82, 2.24) is 4.98 Å². The van der Waals surface area contributed by atoms with Crippen LogP contribution in [-0.4, -0.2) is 9.91 Å². The molecule has 0 spiro atoms. The maximum absolute atomic E-state index is 10.9. The normalized spacial score (nSPS) is 10.3. The van der Waals surface area contributed by atoms with Gasteiger partial charge in [0.05, 0.1) is 11.0 Å². The highest BCUT2D eigenvalue weighted by Crippen LogP contribution is 2.29. The summed E-state index contributed by atoms with van der Waals surface area (Å²) in [4.78, 5) is 14.6. The number of nitrogens with zero attached hydrogens (tertiary/aromatic N) is 2. The number of pyridine rings is 1. The molecule has 0 unspecified atom stereocenters. The lowest BCUT2D eigenvalue weighted by molar-refractivity contribution is -0.385. The van der Waals surface area contributed by atoms with Gasteiger partial charge in [0.25, 0.3) is 5.69 Å². The van der Waals surface area contributed by atoms with Gasteiger partial charge in [0.15, 0.2) is 0 Å². The summed E-state index contributed by atoms with van der Waals surface area (Å²) in [7, 11) is 0. The molecule has 0 aliphatic rings. The lowest BCUT2D eigenvalue weighted by atomic mass is 10.2. The molecule has 1 aromatic heterocycles. The molecule has 0 aliphatic heterocycles. The maximum Gasteiger partial charge on any atom is 0.276 e. The van der Waals surface area contributed by atoms with Crippen LogP contribution in [0.1, 0.15) is 11.1 Å². The number of benzene rings is 1. The molecule has 98 valence electrons. The third-order valence-corrected chi connectivity index (χ3v) is 3.02. The van der Waals surface area contributed by atoms with E-state index >= 15 is 0 Å². The van der Waals surface area contributed by atoms with Gasteiger partial charge in [0.1, 0.15) is 5.75 Å². The Balaban J connectivity index is 2.33. The number of hydrogen-bond acceptors (Lipinski definition) is 4. The molecule has 0 saturated heterocycles. The molecule has 0 saturated carbocycles. The van der Waals surface area contributed by atoms with Gasteiger partial charge in [-0.25, -0.2) is 4.98 Å². The second-order valence-corrected chi connectivity index (χ2v) is 5.00. The Bertz CT molecular complexity index is 644. The molecule has 2 rings (SSSR count). The summed E-state index contributed by atoms with van der Waals surface area (Å²) < 4.78 is 6.43. The smallest absolute Gasteiger partial charge is 0.276 e. The van der Waals surface area contributed by atoms with Gasteiger partial charge in [-0.05, 0) is 48.0 Å². The van der Waals surface area contributed by atoms with Crippen molar-refractivity contribution in [2.24, 2.45) is 0 Å². The van der Waals surface area contributed by atoms with Crippen molar-refractivity contribution < 1.29 is 9.66 Å². The highest BCUT2D eigenvalue weighted by Gasteiger charge is 2.13. The summed E-state index contributed by atoms with van der Waals surface area (Å²) in [5.74, 6) is 0.830. The number of nitro benzene ring substituents is 1. The highest BCUT2D eigenvalue weighted by atomic mass is 79.9. The van der Waals surface area contributed by atoms with Crippen LogP contribution in [0.3, 0.4) is 0 Å². The first-order chi connectivity index (χ1) is 8.97. The fraction of sp³-hybridized carbons (Fsp3) is 0.154. The molecule has 0 bridgehead atoms. The highest BCUT2D eigenvalue weighted by molar-refractivity contribution is 9.10. The summed E-state index contributed by atoms with van der Waals surface area (Å²) in [6, 6.07) is 6.61. The molecule has 0 atom stereocenters. The van der Waals surface area contributed by atoms with Crippen LogP contribution in [0.5, 0.6) is 11.6 Å². The van der Waals surface area contributed by atoms with Gasteiger partial charge in [0, 0.05) is 21.8 Å². The molecule has 0 fully saturated rings. The predicted octanol–water partition coefficient (Wildman–Crippen LogP) is 4.16. The first-order valence-electron chi connectivity index (χ1n) is 5.52. The molecule has 1 aromatic carbocycles. The van der Waals surface area contributed by atoms with Crippen LogP contribution in [0.2, 0.25) is 0 Å². The number of aromatic nitrogens is 1. The molecule has 1 heterocycles. The standard InChI is InChI=1S/C13H11BrN2O3/c1-8-3-4-11(6-12(8)16(17)18)19-13-9(2)5-10(14)7-15-13/h3-7H,1-2H3. The second kappa shape index (κ2) is 5.36. The number of ether oxygens (including phenoxy) is 1. The molecule has 19 heavy (non-hydrogen) atoms. The fourth-order valence-electron chi connectivity index (χ4n) is 1.60. The van der Waals surface area contributed by atoms with Crippen LogP contribution in [0.15, 0.2) is 34.9 Å². The fourth-order valence-corrected chi connectivity index (χ4v) is 2.04. The zero-order valence-electron chi connectivity index (χ0n) is 10.4. The first kappa shape index (κ1) is 13.5. The van der Waals surface area contributed by atoms with Crippen LogP contribution in [0.25, 0.3) is 0 Å². The molecule has 5 nitrogen and oxygen atoms in total. The van der Waals surface area contributed by atoms with E-state index in [0.717, 1.165) is 10.0 Å². The second-order valence-electron chi connectivity index (χ2n) is 4.08. The van der Waals surface area contributed by atoms with E-state index in [1.165, 1.54) is 6.07 Å². The van der Waals surface area contributed by atoms with E-state index in [-0.39, 0.29) is 5.69 Å². The van der Waals surface area contributed by atoms with Crippen LogP contribution in [-0.2, 0) is 0 Å². The van der Waals surface area contributed by atoms with E-state index in [1.54, 1.807) is 25.3 Å². The van der Waals surface area contributed by atoms with Crippen molar-refractivity contribution in [3.8, 4) is 11.6 Å². The number of hydrogen-bond donors (Lipinski definition) is 0. The lowest BCUT2D eigenvalue weighted by Gasteiger charge is -2.08. The van der Waals surface area contributed by atoms with Crippen molar-refractivity contribution >= 4 is 21.6 Å². The molecule has 0 radical (unpaired) electrons. The molecular formula is C13H11BrN2O3. The zero-order chi connectivity index (χ0) is 14.0. The van der Waals surface area contributed by atoms with E-state index in [4.69, 9.17) is 4.74 Å². The van der Waals surface area contributed by atoms with Gasteiger partial charge in [-0.1, -0.05) is 0 Å². The van der Waals surface area contributed by atoms with Crippen molar-refractivity contribution in [3.05, 3.63) is 56.2 Å². The van der Waals surface area contributed by atoms with Gasteiger partial charge < -0.3 is 4.74 Å². The number of aryl methyl sites for hydroxylation is 2. The molecule has 0 aliphatic carbocycles. The Morgan fingerprint density at radius 2 is 2.00 bits per heavy atom. The van der Waals surface area contributed by atoms with E-state index in [1.807, 2.05) is 13.0 Å². The third kappa shape index (κ3) is 3.08. The topological polar surface area (TPSA) is 65.3 Å². The Labute approximate surface area is 118 Å². The minimum Gasteiger partial charge on any atom is -0.438 e. The molecule has 0 amide bonds. The molecule has 0 N–H and O–H groups in total. The SMILES string of the molecule is Cc1ccc(Oc2ncc(Br)cc2C)cc1[N+](=O)[O-]. The summed E-state index contributed by atoms with van der Waals surface area (Å²) in [5.41, 5.74) is 1.47. The van der Waals surface area contributed by atoms with E-state index in [0.29, 0.717) is 17.2 Å². The summed E-state index contributed by atoms with van der Waals surface area (Å²) in [5, 5.41) is 10.9. The number of halogens is 1. The van der Waals surface area contributed by atoms with Gasteiger partial charge in [0.2, 0.25) is 5.88 Å². The monoisotopic (exact) mass is 322 g/mol. The van der Waals surface area contributed by atoms with Gasteiger partial charge >= 0.3 is 0 Å². The lowest BCUT2D eigenvalue weighted by Crippen LogP contribution is -1.95.